The molecule has 0 aliphatic carbocycles. The van der Waals surface area contributed by atoms with Crippen molar-refractivity contribution in [2.75, 3.05) is 13.1 Å². The van der Waals surface area contributed by atoms with Crippen molar-refractivity contribution in [3.05, 3.63) is 98.1 Å². The van der Waals surface area contributed by atoms with Gasteiger partial charge >= 0.3 is 4.87 Å². The van der Waals surface area contributed by atoms with E-state index >= 15 is 0 Å². The summed E-state index contributed by atoms with van der Waals surface area (Å²) in [4.78, 5) is 15.1. The minimum atomic E-state index is -3.76. The van der Waals surface area contributed by atoms with Gasteiger partial charge in [-0.1, -0.05) is 71.8 Å². The molecule has 3 aromatic carbocycles. The van der Waals surface area contributed by atoms with Crippen LogP contribution in [0.25, 0.3) is 10.2 Å². The molecule has 6 nitrogen and oxygen atoms in total. The van der Waals surface area contributed by atoms with Crippen molar-refractivity contribution in [2.24, 2.45) is 0 Å². The van der Waals surface area contributed by atoms with Gasteiger partial charge < -0.3 is 0 Å². The molecule has 0 saturated carbocycles. The first-order valence-corrected chi connectivity index (χ1v) is 14.7. The molecule has 1 aliphatic rings. The van der Waals surface area contributed by atoms with Crippen molar-refractivity contribution in [1.82, 2.24) is 14.2 Å². The molecule has 1 saturated heterocycles. The van der Waals surface area contributed by atoms with Gasteiger partial charge in [0.2, 0.25) is 10.0 Å². The maximum atomic E-state index is 13.2. The summed E-state index contributed by atoms with van der Waals surface area (Å²) in [5.41, 5.74) is 3.65. The number of hydrogen-bond donors (Lipinski definition) is 1. The van der Waals surface area contributed by atoms with E-state index in [0.29, 0.717) is 21.8 Å². The van der Waals surface area contributed by atoms with Crippen LogP contribution in [0.5, 0.6) is 0 Å². The number of nitrogens with one attached hydrogen (secondary N) is 1. The number of fused-ring (bicyclic) bond motifs is 1. The Morgan fingerprint density at radius 1 is 0.861 bits per heavy atom. The van der Waals surface area contributed by atoms with Crippen LogP contribution in [0.4, 0.5) is 0 Å². The van der Waals surface area contributed by atoms with Gasteiger partial charge in [-0.2, -0.15) is 0 Å². The second-order valence-corrected chi connectivity index (χ2v) is 12.3. The van der Waals surface area contributed by atoms with Gasteiger partial charge in [-0.05, 0) is 66.9 Å². The highest BCUT2D eigenvalue weighted by Crippen LogP contribution is 2.24. The third-order valence-electron chi connectivity index (χ3n) is 6.65. The predicted octanol–water partition coefficient (Wildman–Crippen LogP) is 5.23. The van der Waals surface area contributed by atoms with Gasteiger partial charge in [0.15, 0.2) is 0 Å². The molecule has 188 valence electrons. The Hall–Kier alpha value is -2.49. The quantitative estimate of drug-likeness (QED) is 0.331. The molecule has 1 aromatic heterocycles. The van der Waals surface area contributed by atoms with E-state index in [9.17, 15) is 13.2 Å². The van der Waals surface area contributed by atoms with Crippen molar-refractivity contribution in [2.45, 2.75) is 43.8 Å². The molecule has 36 heavy (non-hydrogen) atoms. The van der Waals surface area contributed by atoms with E-state index < -0.39 is 10.0 Å². The van der Waals surface area contributed by atoms with Gasteiger partial charge in [0.25, 0.3) is 0 Å². The van der Waals surface area contributed by atoms with Gasteiger partial charge in [0.1, 0.15) is 0 Å². The second kappa shape index (κ2) is 10.9. The van der Waals surface area contributed by atoms with E-state index in [2.05, 4.69) is 15.7 Å². The van der Waals surface area contributed by atoms with Crippen LogP contribution in [0.1, 0.15) is 36.0 Å². The zero-order chi connectivity index (χ0) is 25.1. The number of thiazole rings is 1. The molecule has 0 unspecified atom stereocenters. The number of piperidine rings is 1. The lowest BCUT2D eigenvalue weighted by Gasteiger charge is -2.27. The average Bonchev–Trinajstić information content (AvgIpc) is 3.19. The highest BCUT2D eigenvalue weighted by atomic mass is 35.5. The lowest BCUT2D eigenvalue weighted by atomic mass is 10.1. The Labute approximate surface area is 220 Å². The Balaban J connectivity index is 1.34. The topological polar surface area (TPSA) is 71.4 Å². The van der Waals surface area contributed by atoms with E-state index in [0.717, 1.165) is 47.7 Å². The van der Waals surface area contributed by atoms with E-state index in [1.54, 1.807) is 28.8 Å². The molecule has 1 N–H and O–H groups in total. The normalized spacial score (nSPS) is 14.9. The smallest absolute Gasteiger partial charge is 0.299 e. The molecule has 4 aromatic rings. The molecule has 0 atom stereocenters. The van der Waals surface area contributed by atoms with Crippen molar-refractivity contribution in [1.29, 1.82) is 0 Å². The summed E-state index contributed by atoms with van der Waals surface area (Å²) in [6.45, 7) is 3.54. The maximum absolute atomic E-state index is 13.2. The fraction of sp³-hybridized carbons (Fsp3) is 0.296. The standard InChI is InChI=1S/C27H28ClN3O3S2/c28-24-11-5-4-10-22(24)19-31-25-13-12-23(16-26(25)35-27(31)32)36(33,34)29-17-20-8-2-3-9-21(20)18-30-14-6-1-7-15-30/h2-5,8-13,16,29H,1,6-7,14-15,17-19H2. The molecule has 0 radical (unpaired) electrons. The Morgan fingerprint density at radius 3 is 2.31 bits per heavy atom. The minimum absolute atomic E-state index is 0.148. The largest absolute Gasteiger partial charge is 0.308 e. The molecule has 0 amide bonds. The molecule has 9 heteroatoms. The Bertz CT molecular complexity index is 1540. The average molecular weight is 542 g/mol. The SMILES string of the molecule is O=c1sc2cc(S(=O)(=O)NCc3ccccc3CN3CCCCC3)ccc2n1Cc1ccccc1Cl. The van der Waals surface area contributed by atoms with Crippen molar-refractivity contribution < 1.29 is 8.42 Å². The third-order valence-corrected chi connectivity index (χ3v) is 9.36. The zero-order valence-corrected chi connectivity index (χ0v) is 22.2. The fourth-order valence-electron chi connectivity index (χ4n) is 4.66. The van der Waals surface area contributed by atoms with Crippen molar-refractivity contribution >= 4 is 43.2 Å². The molecule has 0 spiro atoms. The predicted molar refractivity (Wildman–Crippen MR) is 146 cm³/mol. The molecule has 1 aliphatic heterocycles. The van der Waals surface area contributed by atoms with Crippen LogP contribution in [0.3, 0.4) is 0 Å². The lowest BCUT2D eigenvalue weighted by Crippen LogP contribution is -2.30. The second-order valence-electron chi connectivity index (χ2n) is 9.11. The first kappa shape index (κ1) is 25.2. The first-order chi connectivity index (χ1) is 17.4. The molecular formula is C27H28ClN3O3S2. The van der Waals surface area contributed by atoms with Crippen molar-refractivity contribution in [3.63, 3.8) is 0 Å². The highest BCUT2D eigenvalue weighted by Gasteiger charge is 2.19. The van der Waals surface area contributed by atoms with Crippen LogP contribution in [-0.4, -0.2) is 31.0 Å². The summed E-state index contributed by atoms with van der Waals surface area (Å²) in [5, 5.41) is 0.590. The Kier molecular flexibility index (Phi) is 7.60. The number of hydrogen-bond acceptors (Lipinski definition) is 5. The van der Waals surface area contributed by atoms with Crippen LogP contribution in [0.15, 0.2) is 76.4 Å². The summed E-state index contributed by atoms with van der Waals surface area (Å²) in [7, 11) is -3.76. The summed E-state index contributed by atoms with van der Waals surface area (Å²) in [6, 6.07) is 20.2. The summed E-state index contributed by atoms with van der Waals surface area (Å²) in [6.07, 6.45) is 3.70. The number of rotatable bonds is 8. The van der Waals surface area contributed by atoms with Gasteiger partial charge in [-0.25, -0.2) is 13.1 Å². The van der Waals surface area contributed by atoms with Crippen LogP contribution < -0.4 is 9.60 Å². The number of halogens is 1. The summed E-state index contributed by atoms with van der Waals surface area (Å²) in [5.74, 6) is 0. The zero-order valence-electron chi connectivity index (χ0n) is 19.8. The molecule has 5 rings (SSSR count). The first-order valence-electron chi connectivity index (χ1n) is 12.1. The third kappa shape index (κ3) is 5.58. The number of aromatic nitrogens is 1. The monoisotopic (exact) mass is 541 g/mol. The maximum Gasteiger partial charge on any atom is 0.308 e. The lowest BCUT2D eigenvalue weighted by molar-refractivity contribution is 0.220. The van der Waals surface area contributed by atoms with Crippen LogP contribution in [-0.2, 0) is 29.7 Å². The van der Waals surface area contributed by atoms with E-state index in [4.69, 9.17) is 11.6 Å². The van der Waals surface area contributed by atoms with E-state index in [1.165, 1.54) is 19.3 Å². The van der Waals surface area contributed by atoms with Gasteiger partial charge in [0.05, 0.1) is 21.7 Å². The van der Waals surface area contributed by atoms with Crippen LogP contribution in [0.2, 0.25) is 5.02 Å². The minimum Gasteiger partial charge on any atom is -0.299 e. The van der Waals surface area contributed by atoms with Gasteiger partial charge in [0, 0.05) is 18.1 Å². The van der Waals surface area contributed by atoms with Gasteiger partial charge in [-0.3, -0.25) is 14.3 Å². The molecule has 2 heterocycles. The highest BCUT2D eigenvalue weighted by molar-refractivity contribution is 7.89. The number of sulfonamides is 1. The Morgan fingerprint density at radius 2 is 1.56 bits per heavy atom. The van der Waals surface area contributed by atoms with E-state index in [-0.39, 0.29) is 16.3 Å². The fourth-order valence-corrected chi connectivity index (χ4v) is 6.89. The molecular weight excluding hydrogens is 514 g/mol. The van der Waals surface area contributed by atoms with E-state index in [1.807, 2.05) is 36.4 Å². The van der Waals surface area contributed by atoms with Crippen LogP contribution >= 0.6 is 22.9 Å². The summed E-state index contributed by atoms with van der Waals surface area (Å²) < 4.78 is 31.3. The summed E-state index contributed by atoms with van der Waals surface area (Å²) >= 11 is 7.32. The van der Waals surface area contributed by atoms with Gasteiger partial charge in [-0.15, -0.1) is 0 Å². The van der Waals surface area contributed by atoms with Crippen molar-refractivity contribution in [3.8, 4) is 0 Å². The number of benzene rings is 3. The number of nitrogens with zero attached hydrogens (tertiary/aromatic N) is 2. The number of likely N-dealkylation sites (tertiary alicyclic amines) is 1. The molecule has 0 bridgehead atoms. The van der Waals surface area contributed by atoms with Crippen LogP contribution in [0, 0.1) is 0 Å². The molecule has 1 fully saturated rings.